The van der Waals surface area contributed by atoms with Gasteiger partial charge in [-0.2, -0.15) is 0 Å². The Bertz CT molecular complexity index is 1460. The first kappa shape index (κ1) is 30.2. The molecule has 1 atom stereocenters. The lowest BCUT2D eigenvalue weighted by molar-refractivity contribution is -0.140. The van der Waals surface area contributed by atoms with Gasteiger partial charge in [-0.1, -0.05) is 72.3 Å². The van der Waals surface area contributed by atoms with Crippen molar-refractivity contribution in [1.82, 2.24) is 15.1 Å². The maximum absolute atomic E-state index is 13.4. The van der Waals surface area contributed by atoms with Crippen LogP contribution in [0.3, 0.4) is 0 Å². The predicted molar refractivity (Wildman–Crippen MR) is 167 cm³/mol. The van der Waals surface area contributed by atoms with Crippen molar-refractivity contribution < 1.29 is 19.1 Å². The van der Waals surface area contributed by atoms with E-state index >= 15 is 0 Å². The fourth-order valence-electron chi connectivity index (χ4n) is 6.05. The Balaban J connectivity index is 1.22. The number of nitrogens with zero attached hydrogens (tertiary/aromatic N) is 2. The average molecular weight is 580 g/mol. The van der Waals surface area contributed by atoms with Gasteiger partial charge >= 0.3 is 5.97 Å². The molecule has 2 heterocycles. The Hall–Kier alpha value is -4.23. The van der Waals surface area contributed by atoms with Crippen molar-refractivity contribution in [2.75, 3.05) is 19.7 Å². The van der Waals surface area contributed by atoms with Gasteiger partial charge in [0.2, 0.25) is 5.91 Å². The third kappa shape index (κ3) is 7.41. The lowest BCUT2D eigenvalue weighted by Gasteiger charge is -2.34. The van der Waals surface area contributed by atoms with Gasteiger partial charge in [0, 0.05) is 49.3 Å². The molecule has 224 valence electrons. The zero-order valence-corrected chi connectivity index (χ0v) is 25.3. The zero-order chi connectivity index (χ0) is 30.3. The molecule has 2 aliphatic heterocycles. The molecular formula is C36H41N3O4. The number of benzene rings is 3. The van der Waals surface area contributed by atoms with Crippen LogP contribution >= 0.6 is 0 Å². The van der Waals surface area contributed by atoms with E-state index in [0.29, 0.717) is 23.4 Å². The normalized spacial score (nSPS) is 18.1. The van der Waals surface area contributed by atoms with E-state index in [0.717, 1.165) is 49.2 Å². The zero-order valence-electron chi connectivity index (χ0n) is 25.3. The average Bonchev–Trinajstić information content (AvgIpc) is 3.01. The number of esters is 1. The third-order valence-corrected chi connectivity index (χ3v) is 8.53. The summed E-state index contributed by atoms with van der Waals surface area (Å²) in [6, 6.07) is 26.0. The van der Waals surface area contributed by atoms with Gasteiger partial charge in [-0.25, -0.2) is 4.79 Å². The fraction of sp³-hybridized carbons (Fsp3) is 0.361. The lowest BCUT2D eigenvalue weighted by atomic mass is 9.83. The van der Waals surface area contributed by atoms with E-state index in [1.54, 1.807) is 11.8 Å². The minimum Gasteiger partial charge on any atom is -0.463 e. The van der Waals surface area contributed by atoms with Gasteiger partial charge in [-0.05, 0) is 62.4 Å². The fourth-order valence-corrected chi connectivity index (χ4v) is 6.05. The van der Waals surface area contributed by atoms with Crippen LogP contribution in [0.4, 0.5) is 0 Å². The van der Waals surface area contributed by atoms with Crippen molar-refractivity contribution in [3.63, 3.8) is 0 Å². The van der Waals surface area contributed by atoms with Crippen molar-refractivity contribution in [3.05, 3.63) is 118 Å². The van der Waals surface area contributed by atoms with Crippen LogP contribution in [-0.2, 0) is 27.4 Å². The Kier molecular flexibility index (Phi) is 9.72. The van der Waals surface area contributed by atoms with Crippen LogP contribution in [0.5, 0.6) is 0 Å². The predicted octanol–water partition coefficient (Wildman–Crippen LogP) is 5.74. The molecule has 0 bridgehead atoms. The number of nitrogens with one attached hydrogen (secondary N) is 1. The minimum absolute atomic E-state index is 0.0449. The number of rotatable bonds is 9. The van der Waals surface area contributed by atoms with E-state index in [2.05, 4.69) is 34.5 Å². The summed E-state index contributed by atoms with van der Waals surface area (Å²) in [6.07, 6.45) is 2.04. The van der Waals surface area contributed by atoms with Crippen LogP contribution in [0, 0.1) is 6.92 Å². The van der Waals surface area contributed by atoms with E-state index in [4.69, 9.17) is 4.74 Å². The Labute approximate surface area is 254 Å². The molecule has 7 nitrogen and oxygen atoms in total. The molecule has 0 spiro atoms. The van der Waals surface area contributed by atoms with E-state index in [9.17, 15) is 14.4 Å². The highest BCUT2D eigenvalue weighted by atomic mass is 16.5. The number of piperidine rings is 1. The summed E-state index contributed by atoms with van der Waals surface area (Å²) in [6.45, 7) is 9.03. The topological polar surface area (TPSA) is 79.0 Å². The largest absolute Gasteiger partial charge is 0.463 e. The monoisotopic (exact) mass is 579 g/mol. The van der Waals surface area contributed by atoms with Crippen LogP contribution in [-0.4, -0.2) is 53.3 Å². The molecule has 43 heavy (non-hydrogen) atoms. The number of allylic oxidation sites excluding steroid dienone is 1. The van der Waals surface area contributed by atoms with Gasteiger partial charge in [-0.3, -0.25) is 14.5 Å². The maximum Gasteiger partial charge on any atom is 0.336 e. The number of likely N-dealkylation sites (tertiary alicyclic amines) is 1. The van der Waals surface area contributed by atoms with E-state index in [-0.39, 0.29) is 42.8 Å². The molecular weight excluding hydrogens is 538 g/mol. The molecule has 0 aliphatic carbocycles. The number of hydrogen-bond acceptors (Lipinski definition) is 5. The Morgan fingerprint density at radius 3 is 2.16 bits per heavy atom. The number of aryl methyl sites for hydroxylation is 1. The molecule has 0 radical (unpaired) electrons. The summed E-state index contributed by atoms with van der Waals surface area (Å²) in [4.78, 5) is 43.6. The van der Waals surface area contributed by atoms with Crippen LogP contribution in [0.15, 0.2) is 90.1 Å². The highest BCUT2D eigenvalue weighted by Gasteiger charge is 2.37. The molecule has 1 unspecified atom stereocenters. The first-order valence-corrected chi connectivity index (χ1v) is 15.2. The number of carbonyl (C=O) groups is 3. The Morgan fingerprint density at radius 2 is 1.51 bits per heavy atom. The van der Waals surface area contributed by atoms with Gasteiger partial charge in [0.25, 0.3) is 5.91 Å². The Morgan fingerprint density at radius 1 is 0.860 bits per heavy atom. The first-order chi connectivity index (χ1) is 20.8. The molecule has 1 N–H and O–H groups in total. The van der Waals surface area contributed by atoms with Gasteiger partial charge in [-0.15, -0.1) is 0 Å². The van der Waals surface area contributed by atoms with Crippen molar-refractivity contribution >= 4 is 17.8 Å². The SMILES string of the molecule is CCOC(=O)C1=C(C)N(Cc2ccc(C(=O)NC3CCN(Cc4ccccc4)CC3)cc2)C(=O)CC1c1ccc(C)cc1. The van der Waals surface area contributed by atoms with Crippen molar-refractivity contribution in [3.8, 4) is 0 Å². The van der Waals surface area contributed by atoms with Gasteiger partial charge < -0.3 is 15.0 Å². The maximum atomic E-state index is 13.4. The number of amides is 2. The summed E-state index contributed by atoms with van der Waals surface area (Å²) in [5, 5.41) is 3.20. The van der Waals surface area contributed by atoms with Crippen LogP contribution in [0.25, 0.3) is 0 Å². The molecule has 5 rings (SSSR count). The lowest BCUT2D eigenvalue weighted by Crippen LogP contribution is -2.44. The number of ether oxygens (including phenoxy) is 1. The van der Waals surface area contributed by atoms with Crippen LogP contribution < -0.4 is 5.32 Å². The second kappa shape index (κ2) is 13.8. The molecule has 0 saturated carbocycles. The summed E-state index contributed by atoms with van der Waals surface area (Å²) < 4.78 is 5.42. The van der Waals surface area contributed by atoms with E-state index in [1.807, 2.05) is 68.4 Å². The molecule has 2 aliphatic rings. The molecule has 7 heteroatoms. The molecule has 3 aromatic carbocycles. The highest BCUT2D eigenvalue weighted by molar-refractivity contribution is 5.96. The van der Waals surface area contributed by atoms with Crippen molar-refractivity contribution in [2.24, 2.45) is 0 Å². The number of hydrogen-bond donors (Lipinski definition) is 1. The summed E-state index contributed by atoms with van der Waals surface area (Å²) >= 11 is 0. The smallest absolute Gasteiger partial charge is 0.336 e. The van der Waals surface area contributed by atoms with Gasteiger partial charge in [0.05, 0.1) is 18.7 Å². The molecule has 0 aromatic heterocycles. The highest BCUT2D eigenvalue weighted by Crippen LogP contribution is 2.37. The minimum atomic E-state index is -0.388. The molecule has 3 aromatic rings. The summed E-state index contributed by atoms with van der Waals surface area (Å²) in [7, 11) is 0. The van der Waals surface area contributed by atoms with Crippen LogP contribution in [0.1, 0.15) is 71.6 Å². The quantitative estimate of drug-likeness (QED) is 0.327. The second-order valence-electron chi connectivity index (χ2n) is 11.6. The van der Waals surface area contributed by atoms with Crippen molar-refractivity contribution in [2.45, 2.75) is 65.1 Å². The second-order valence-corrected chi connectivity index (χ2v) is 11.6. The number of carbonyl (C=O) groups excluding carboxylic acids is 3. The molecule has 1 fully saturated rings. The first-order valence-electron chi connectivity index (χ1n) is 15.2. The summed E-state index contributed by atoms with van der Waals surface area (Å²) in [5.41, 5.74) is 5.97. The standard InChI is InChI=1S/C36H41N3O4/c1-4-43-36(42)34-26(3)39(33(40)22-32(34)29-14-10-25(2)11-15-29)24-28-12-16-30(17-13-28)35(41)37-31-18-20-38(21-19-31)23-27-8-6-5-7-9-27/h5-17,31-32H,4,18-24H2,1-3H3,(H,37,41). The molecule has 1 saturated heterocycles. The van der Waals surface area contributed by atoms with E-state index in [1.165, 1.54) is 5.56 Å². The molecule has 2 amide bonds. The summed E-state index contributed by atoms with van der Waals surface area (Å²) in [5.74, 6) is -0.860. The third-order valence-electron chi connectivity index (χ3n) is 8.53. The van der Waals surface area contributed by atoms with Gasteiger partial charge in [0.15, 0.2) is 0 Å². The van der Waals surface area contributed by atoms with Crippen LogP contribution in [0.2, 0.25) is 0 Å². The van der Waals surface area contributed by atoms with E-state index < -0.39 is 0 Å². The van der Waals surface area contributed by atoms with Gasteiger partial charge in [0.1, 0.15) is 0 Å². The van der Waals surface area contributed by atoms with Crippen molar-refractivity contribution in [1.29, 1.82) is 0 Å².